The molecule has 1 saturated heterocycles. The Morgan fingerprint density at radius 3 is 2.76 bits per heavy atom. The van der Waals surface area contributed by atoms with Crippen LogP contribution in [0.25, 0.3) is 0 Å². The molecule has 0 aromatic carbocycles. The number of likely N-dealkylation sites (tertiary alicyclic amines) is 1. The number of nitrogens with one attached hydrogen (secondary N) is 2. The molecule has 0 unspecified atom stereocenters. The van der Waals surface area contributed by atoms with E-state index in [2.05, 4.69) is 10.6 Å². The molecule has 0 spiro atoms. The van der Waals surface area contributed by atoms with E-state index in [1.54, 1.807) is 19.1 Å². The van der Waals surface area contributed by atoms with Gasteiger partial charge in [0.2, 0.25) is 5.91 Å². The van der Waals surface area contributed by atoms with E-state index in [4.69, 9.17) is 4.42 Å². The Labute approximate surface area is 123 Å². The van der Waals surface area contributed by atoms with Gasteiger partial charge in [0, 0.05) is 13.1 Å². The molecule has 21 heavy (non-hydrogen) atoms. The molecule has 1 fully saturated rings. The normalized spacial score (nSPS) is 18.2. The molecule has 7 heteroatoms. The second-order valence-electron chi connectivity index (χ2n) is 5.58. The van der Waals surface area contributed by atoms with Crippen molar-refractivity contribution in [2.75, 3.05) is 19.6 Å². The summed E-state index contributed by atoms with van der Waals surface area (Å²) in [6.45, 7) is 3.48. The molecule has 3 amide bonds. The van der Waals surface area contributed by atoms with Gasteiger partial charge in [-0.15, -0.1) is 0 Å². The maximum absolute atomic E-state index is 11.7. The van der Waals surface area contributed by atoms with Crippen molar-refractivity contribution in [2.24, 2.45) is 0 Å². The number of imide groups is 1. The Kier molecular flexibility index (Phi) is 4.98. The molecule has 2 heterocycles. The molecule has 1 aliphatic rings. The topological polar surface area (TPSA) is 94.8 Å². The van der Waals surface area contributed by atoms with Crippen LogP contribution in [0.5, 0.6) is 0 Å². The number of hydrogen-bond acceptors (Lipinski definition) is 5. The third-order valence-electron chi connectivity index (χ3n) is 3.56. The largest absolute Gasteiger partial charge is 0.467 e. The Hall–Kier alpha value is -1.86. The molecule has 2 rings (SSSR count). The van der Waals surface area contributed by atoms with Crippen molar-refractivity contribution in [2.45, 2.75) is 31.9 Å². The fraction of sp³-hybridized carbons (Fsp3) is 0.571. The van der Waals surface area contributed by atoms with Gasteiger partial charge in [-0.3, -0.25) is 15.0 Å². The van der Waals surface area contributed by atoms with E-state index in [1.165, 1.54) is 6.26 Å². The van der Waals surface area contributed by atoms with E-state index in [0.717, 1.165) is 0 Å². The molecule has 0 saturated carbocycles. The Balaban J connectivity index is 1.66. The Morgan fingerprint density at radius 2 is 2.14 bits per heavy atom. The predicted molar refractivity (Wildman–Crippen MR) is 75.4 cm³/mol. The van der Waals surface area contributed by atoms with Gasteiger partial charge in [0.1, 0.15) is 5.76 Å². The number of aliphatic hydroxyl groups is 1. The first-order valence-electron chi connectivity index (χ1n) is 6.99. The van der Waals surface area contributed by atoms with Crippen molar-refractivity contribution in [3.8, 4) is 0 Å². The molecule has 0 bridgehead atoms. The zero-order chi connectivity index (χ0) is 15.3. The van der Waals surface area contributed by atoms with E-state index >= 15 is 0 Å². The van der Waals surface area contributed by atoms with Gasteiger partial charge in [-0.1, -0.05) is 0 Å². The summed E-state index contributed by atoms with van der Waals surface area (Å²) in [4.78, 5) is 25.2. The number of furan rings is 1. The molecule has 0 aliphatic carbocycles. The standard InChI is InChI=1S/C14H21N3O4/c1-14(20)4-6-17(7-5-14)10-12(18)16-13(19)15-9-11-3-2-8-21-11/h2-3,8,20H,4-7,9-10H2,1H3,(H2,15,16,18,19). The predicted octanol–water partition coefficient (Wildman–Crippen LogP) is 0.452. The first-order chi connectivity index (χ1) is 9.94. The van der Waals surface area contributed by atoms with Crippen LogP contribution in [0.4, 0.5) is 4.79 Å². The minimum atomic E-state index is -0.645. The van der Waals surface area contributed by atoms with Gasteiger partial charge in [0.15, 0.2) is 0 Å². The van der Waals surface area contributed by atoms with Gasteiger partial charge in [0.25, 0.3) is 0 Å². The number of amides is 3. The quantitative estimate of drug-likeness (QED) is 0.750. The minimum Gasteiger partial charge on any atom is -0.467 e. The Bertz CT molecular complexity index is 474. The van der Waals surface area contributed by atoms with E-state index in [1.807, 2.05) is 4.90 Å². The van der Waals surface area contributed by atoms with Crippen molar-refractivity contribution >= 4 is 11.9 Å². The third-order valence-corrected chi connectivity index (χ3v) is 3.56. The van der Waals surface area contributed by atoms with Gasteiger partial charge in [-0.25, -0.2) is 4.79 Å². The number of hydrogen-bond donors (Lipinski definition) is 3. The van der Waals surface area contributed by atoms with Gasteiger partial charge in [0.05, 0.1) is 25.0 Å². The molecule has 0 radical (unpaired) electrons. The van der Waals surface area contributed by atoms with Crippen LogP contribution in [-0.2, 0) is 11.3 Å². The summed E-state index contributed by atoms with van der Waals surface area (Å²) in [5.74, 6) is 0.268. The summed E-state index contributed by atoms with van der Waals surface area (Å²) >= 11 is 0. The highest BCUT2D eigenvalue weighted by Crippen LogP contribution is 2.20. The molecule has 1 aliphatic heterocycles. The van der Waals surface area contributed by atoms with Crippen LogP contribution in [0.1, 0.15) is 25.5 Å². The maximum atomic E-state index is 11.7. The highest BCUT2D eigenvalue weighted by molar-refractivity contribution is 5.95. The van der Waals surface area contributed by atoms with E-state index in [9.17, 15) is 14.7 Å². The SMILES string of the molecule is CC1(O)CCN(CC(=O)NC(=O)NCc2ccco2)CC1. The van der Waals surface area contributed by atoms with Crippen LogP contribution in [0.2, 0.25) is 0 Å². The minimum absolute atomic E-state index is 0.157. The summed E-state index contributed by atoms with van der Waals surface area (Å²) in [6, 6.07) is 2.92. The van der Waals surface area contributed by atoms with E-state index in [0.29, 0.717) is 31.7 Å². The monoisotopic (exact) mass is 295 g/mol. The molecule has 7 nitrogen and oxygen atoms in total. The fourth-order valence-corrected chi connectivity index (χ4v) is 2.19. The molecule has 3 N–H and O–H groups in total. The van der Waals surface area contributed by atoms with Gasteiger partial charge < -0.3 is 14.8 Å². The second-order valence-corrected chi connectivity index (χ2v) is 5.58. The number of urea groups is 1. The average molecular weight is 295 g/mol. The molecule has 0 atom stereocenters. The smallest absolute Gasteiger partial charge is 0.321 e. The number of carbonyl (C=O) groups is 2. The summed E-state index contributed by atoms with van der Waals surface area (Å²) in [5.41, 5.74) is -0.645. The lowest BCUT2D eigenvalue weighted by Gasteiger charge is -2.35. The van der Waals surface area contributed by atoms with Crippen LogP contribution >= 0.6 is 0 Å². The summed E-state index contributed by atoms with van der Waals surface area (Å²) in [5, 5.41) is 14.7. The fourth-order valence-electron chi connectivity index (χ4n) is 2.19. The zero-order valence-corrected chi connectivity index (χ0v) is 12.1. The van der Waals surface area contributed by atoms with Crippen LogP contribution in [0.15, 0.2) is 22.8 Å². The Morgan fingerprint density at radius 1 is 1.43 bits per heavy atom. The van der Waals surface area contributed by atoms with Crippen LogP contribution in [0.3, 0.4) is 0 Å². The molecular weight excluding hydrogens is 274 g/mol. The molecular formula is C14H21N3O4. The van der Waals surface area contributed by atoms with Crippen molar-refractivity contribution in [1.29, 1.82) is 0 Å². The van der Waals surface area contributed by atoms with E-state index in [-0.39, 0.29) is 19.0 Å². The van der Waals surface area contributed by atoms with Crippen LogP contribution < -0.4 is 10.6 Å². The third kappa shape index (κ3) is 5.20. The summed E-state index contributed by atoms with van der Waals surface area (Å²) in [6.07, 6.45) is 2.78. The van der Waals surface area contributed by atoms with E-state index < -0.39 is 11.6 Å². The summed E-state index contributed by atoms with van der Waals surface area (Å²) < 4.78 is 5.07. The highest BCUT2D eigenvalue weighted by atomic mass is 16.3. The first-order valence-corrected chi connectivity index (χ1v) is 6.99. The van der Waals surface area contributed by atoms with Gasteiger partial charge in [-0.05, 0) is 31.9 Å². The summed E-state index contributed by atoms with van der Waals surface area (Å²) in [7, 11) is 0. The lowest BCUT2D eigenvalue weighted by Crippen LogP contribution is -2.48. The zero-order valence-electron chi connectivity index (χ0n) is 12.1. The van der Waals surface area contributed by atoms with Crippen LogP contribution in [-0.4, -0.2) is 47.2 Å². The van der Waals surface area contributed by atoms with Crippen molar-refractivity contribution < 1.29 is 19.1 Å². The highest BCUT2D eigenvalue weighted by Gasteiger charge is 2.28. The van der Waals surface area contributed by atoms with Crippen molar-refractivity contribution in [1.82, 2.24) is 15.5 Å². The van der Waals surface area contributed by atoms with Crippen molar-refractivity contribution in [3.63, 3.8) is 0 Å². The number of piperidine rings is 1. The number of nitrogens with zero attached hydrogens (tertiary/aromatic N) is 1. The lowest BCUT2D eigenvalue weighted by atomic mass is 9.94. The maximum Gasteiger partial charge on any atom is 0.321 e. The first kappa shape index (κ1) is 15.5. The average Bonchev–Trinajstić information content (AvgIpc) is 2.92. The molecule has 1 aromatic rings. The van der Waals surface area contributed by atoms with Crippen molar-refractivity contribution in [3.05, 3.63) is 24.2 Å². The van der Waals surface area contributed by atoms with Crippen LogP contribution in [0, 0.1) is 0 Å². The van der Waals surface area contributed by atoms with Gasteiger partial charge >= 0.3 is 6.03 Å². The number of carbonyl (C=O) groups excluding carboxylic acids is 2. The lowest BCUT2D eigenvalue weighted by molar-refractivity contribution is -0.122. The molecule has 1 aromatic heterocycles. The molecule has 116 valence electrons. The van der Waals surface area contributed by atoms with Gasteiger partial charge in [-0.2, -0.15) is 0 Å². The second kappa shape index (κ2) is 6.73. The number of rotatable bonds is 4.